The van der Waals surface area contributed by atoms with Gasteiger partial charge >= 0.3 is 41.8 Å². The number of carbonyl (C=O) groups is 10. The number of thioether (sulfide) groups is 1. The van der Waals surface area contributed by atoms with Gasteiger partial charge in [0.05, 0.1) is 29.1 Å². The molecule has 2 saturated carbocycles. The first-order valence-corrected chi connectivity index (χ1v) is 29.4. The molecule has 2 aromatic carbocycles. The molecule has 3 fully saturated rings. The predicted octanol–water partition coefficient (Wildman–Crippen LogP) is 6.40. The van der Waals surface area contributed by atoms with Crippen molar-refractivity contribution in [1.82, 2.24) is 15.6 Å². The van der Waals surface area contributed by atoms with Crippen molar-refractivity contribution in [2.24, 2.45) is 28.6 Å². The van der Waals surface area contributed by atoms with Crippen LogP contribution in [0.15, 0.2) is 95.2 Å². The SMILES string of the molecule is CSc1ncccc1C(=O)N[C@H](CCC(=O)O)C(=O)N[C@@H](c1ccccc1)[C@@H](OC(=O)CC(C)C)C(=O)O[C@H]1C[C@@]2(O)[C@@H](OC(=O)c3ccccc3)[C@@H]3[C@]4(OC(C)=O)CO[C@@H]4C[C@H](OC(=O)CC(C)C)[C@@]3(C)C(=O)[C@H](OC(C)=O)C(=C1C)C2(C)C. The average molecular weight is 1200 g/mol. The monoisotopic (exact) mass is 1200 g/mol. The summed E-state index contributed by atoms with van der Waals surface area (Å²) in [4.78, 5) is 147. The molecular formula is C62H75N3O19S. The van der Waals surface area contributed by atoms with Crippen LogP contribution in [0, 0.1) is 28.6 Å². The van der Waals surface area contributed by atoms with Gasteiger partial charge in [0.25, 0.3) is 5.91 Å². The van der Waals surface area contributed by atoms with Gasteiger partial charge in [0, 0.05) is 57.6 Å². The van der Waals surface area contributed by atoms with E-state index < -0.39 is 162 Å². The lowest BCUT2D eigenvalue weighted by Gasteiger charge is -2.67. The van der Waals surface area contributed by atoms with E-state index in [0.29, 0.717) is 5.03 Å². The van der Waals surface area contributed by atoms with Gasteiger partial charge in [0.15, 0.2) is 17.5 Å². The predicted molar refractivity (Wildman–Crippen MR) is 303 cm³/mol. The third kappa shape index (κ3) is 13.5. The number of fused-ring (bicyclic) bond motifs is 5. The van der Waals surface area contributed by atoms with Crippen LogP contribution < -0.4 is 10.6 Å². The second-order valence-electron chi connectivity index (χ2n) is 23.7. The van der Waals surface area contributed by atoms with Crippen molar-refractivity contribution in [2.75, 3.05) is 12.9 Å². The molecule has 2 bridgehead atoms. The van der Waals surface area contributed by atoms with E-state index in [9.17, 15) is 48.6 Å². The van der Waals surface area contributed by atoms with Gasteiger partial charge < -0.3 is 54.0 Å². The molecule has 3 aliphatic carbocycles. The molecule has 4 aliphatic rings. The zero-order valence-corrected chi connectivity index (χ0v) is 50.3. The highest BCUT2D eigenvalue weighted by molar-refractivity contribution is 7.98. The molecule has 2 amide bonds. The fraction of sp³-hybridized carbons (Fsp3) is 0.532. The van der Waals surface area contributed by atoms with Crippen LogP contribution in [0.25, 0.3) is 0 Å². The molecule has 23 heteroatoms. The molecule has 22 nitrogen and oxygen atoms in total. The van der Waals surface area contributed by atoms with Crippen LogP contribution in [0.4, 0.5) is 0 Å². The summed E-state index contributed by atoms with van der Waals surface area (Å²) in [7, 11) is 0. The molecule has 0 spiro atoms. The van der Waals surface area contributed by atoms with E-state index in [2.05, 4.69) is 15.6 Å². The molecule has 1 aliphatic heterocycles. The van der Waals surface area contributed by atoms with Gasteiger partial charge in [0.2, 0.25) is 12.0 Å². The highest BCUT2D eigenvalue weighted by atomic mass is 32.2. The third-order valence-electron chi connectivity index (χ3n) is 16.6. The fourth-order valence-electron chi connectivity index (χ4n) is 12.4. The Morgan fingerprint density at radius 3 is 2.02 bits per heavy atom. The first-order chi connectivity index (χ1) is 40.0. The molecule has 458 valence electrons. The van der Waals surface area contributed by atoms with E-state index >= 15 is 9.59 Å². The number of aromatic nitrogens is 1. The summed E-state index contributed by atoms with van der Waals surface area (Å²) < 4.78 is 43.8. The zero-order chi connectivity index (χ0) is 62.5. The van der Waals surface area contributed by atoms with Crippen molar-refractivity contribution < 1.29 is 91.3 Å². The molecule has 0 unspecified atom stereocenters. The molecule has 1 saturated heterocycles. The lowest BCUT2D eigenvalue weighted by atomic mass is 9.44. The van der Waals surface area contributed by atoms with E-state index in [1.807, 2.05) is 0 Å². The number of aliphatic carboxylic acids is 1. The number of pyridine rings is 1. The molecule has 0 radical (unpaired) electrons. The number of Topliss-reactive ketones (excluding diaryl/α,β-unsaturated/α-hetero) is 1. The number of carbonyl (C=O) groups excluding carboxylic acids is 9. The summed E-state index contributed by atoms with van der Waals surface area (Å²) in [6.45, 7) is 14.7. The number of benzene rings is 2. The molecule has 7 rings (SSSR count). The summed E-state index contributed by atoms with van der Waals surface area (Å²) in [5, 5.41) is 29.7. The van der Waals surface area contributed by atoms with Crippen molar-refractivity contribution in [3.63, 3.8) is 0 Å². The highest BCUT2D eigenvalue weighted by Gasteiger charge is 2.79. The first-order valence-electron chi connectivity index (χ1n) is 28.2. The largest absolute Gasteiger partial charge is 0.481 e. The summed E-state index contributed by atoms with van der Waals surface area (Å²) in [6.07, 6.45) is -9.57. The summed E-state index contributed by atoms with van der Waals surface area (Å²) in [5.41, 5.74) is -8.34. The standard InChI is InChI=1S/C62H75N3O19S/c1-32(2)27-45(70)81-42-29-43-61(31-78-43,84-36(7)67)51-53(83-57(75)38-21-16-13-17-22-38)62(77)30-41(34(5)47(59(62,8)9)49(79-35(6)66)52(72)60(42,51)10)80-58(76)50(82-46(71)28-33(3)4)48(37-19-14-12-15-20-37)65-55(74)40(24-25-44(68)69)64-54(73)39-23-18-26-63-56(39)85-11/h12-23,26,32-33,40-43,48-51,53,77H,24-25,27-31H2,1-11H3,(H,64,73)(H,65,74)(H,68,69)/t40-,41+,42+,43-,48+,49-,50-,51+,53+,60-,61+,62-/m1/s1. The lowest BCUT2D eigenvalue weighted by molar-refractivity contribution is -0.346. The van der Waals surface area contributed by atoms with Crippen LogP contribution in [0.5, 0.6) is 0 Å². The van der Waals surface area contributed by atoms with Crippen molar-refractivity contribution in [1.29, 1.82) is 0 Å². The van der Waals surface area contributed by atoms with Crippen LogP contribution in [0.3, 0.4) is 0 Å². The second kappa shape index (κ2) is 26.4. The Morgan fingerprint density at radius 1 is 0.812 bits per heavy atom. The van der Waals surface area contributed by atoms with Crippen LogP contribution in [0.2, 0.25) is 0 Å². The number of nitrogens with zero attached hydrogens (tertiary/aromatic N) is 1. The van der Waals surface area contributed by atoms with E-state index in [1.54, 1.807) is 70.3 Å². The van der Waals surface area contributed by atoms with Crippen molar-refractivity contribution >= 4 is 71.1 Å². The number of ketones is 1. The number of rotatable bonds is 22. The van der Waals surface area contributed by atoms with Crippen LogP contribution in [0.1, 0.15) is 140 Å². The molecule has 1 aromatic heterocycles. The number of carboxylic acid groups (broad SMARTS) is 1. The topological polar surface area (TPSA) is 313 Å². The number of aliphatic hydroxyl groups is 1. The van der Waals surface area contributed by atoms with Gasteiger partial charge in [-0.2, -0.15) is 0 Å². The summed E-state index contributed by atoms with van der Waals surface area (Å²) in [5.74, 6) is -12.1. The third-order valence-corrected chi connectivity index (χ3v) is 17.3. The number of ether oxygens (including phenoxy) is 7. The van der Waals surface area contributed by atoms with Crippen molar-refractivity contribution in [3.05, 3.63) is 107 Å². The Balaban J connectivity index is 1.42. The number of hydrogen-bond donors (Lipinski definition) is 4. The maximum atomic E-state index is 16.4. The van der Waals surface area contributed by atoms with E-state index in [1.165, 1.54) is 70.3 Å². The lowest BCUT2D eigenvalue weighted by Crippen LogP contribution is -2.82. The van der Waals surface area contributed by atoms with Gasteiger partial charge in [-0.05, 0) is 79.3 Å². The van der Waals surface area contributed by atoms with Crippen molar-refractivity contribution in [3.8, 4) is 0 Å². The maximum Gasteiger partial charge on any atom is 0.350 e. The number of nitrogens with one attached hydrogen (secondary N) is 2. The van der Waals surface area contributed by atoms with Crippen LogP contribution in [-0.2, 0) is 71.5 Å². The molecule has 85 heavy (non-hydrogen) atoms. The van der Waals surface area contributed by atoms with E-state index in [0.717, 1.165) is 25.6 Å². The number of amides is 2. The fourth-order valence-corrected chi connectivity index (χ4v) is 13.0. The zero-order valence-electron chi connectivity index (χ0n) is 49.5. The highest BCUT2D eigenvalue weighted by Crippen LogP contribution is 2.65. The Kier molecular flexibility index (Phi) is 20.2. The average Bonchev–Trinajstić information content (AvgIpc) is 0.783. The molecule has 12 atom stereocenters. The van der Waals surface area contributed by atoms with Crippen molar-refractivity contribution in [2.45, 2.75) is 173 Å². The van der Waals surface area contributed by atoms with Gasteiger partial charge in [-0.1, -0.05) is 90.1 Å². The van der Waals surface area contributed by atoms with Gasteiger partial charge in [-0.3, -0.25) is 38.4 Å². The minimum atomic E-state index is -2.59. The maximum absolute atomic E-state index is 16.4. The summed E-state index contributed by atoms with van der Waals surface area (Å²) in [6, 6.07) is 15.2. The Morgan fingerprint density at radius 2 is 1.45 bits per heavy atom. The Hall–Kier alpha value is -7.50. The number of hydrogen-bond acceptors (Lipinski definition) is 20. The Bertz CT molecular complexity index is 3100. The molecule has 4 N–H and O–H groups in total. The van der Waals surface area contributed by atoms with Gasteiger partial charge in [-0.15, -0.1) is 11.8 Å². The van der Waals surface area contributed by atoms with Gasteiger partial charge in [0.1, 0.15) is 47.1 Å². The van der Waals surface area contributed by atoms with Crippen LogP contribution in [-0.4, -0.2) is 141 Å². The van der Waals surface area contributed by atoms with E-state index in [4.69, 9.17) is 33.2 Å². The van der Waals surface area contributed by atoms with Gasteiger partial charge in [-0.25, -0.2) is 14.6 Å². The molecule has 3 aromatic rings. The number of carboxylic acids is 1. The second-order valence-corrected chi connectivity index (χ2v) is 24.5. The normalized spacial score (nSPS) is 26.7. The number of esters is 6. The summed E-state index contributed by atoms with van der Waals surface area (Å²) >= 11 is 1.16. The van der Waals surface area contributed by atoms with E-state index in [-0.39, 0.29) is 58.9 Å². The first kappa shape index (κ1) is 65.1. The van der Waals surface area contributed by atoms with Crippen LogP contribution >= 0.6 is 11.8 Å². The minimum Gasteiger partial charge on any atom is -0.481 e. The smallest absolute Gasteiger partial charge is 0.350 e. The Labute approximate surface area is 497 Å². The molecular weight excluding hydrogens is 1120 g/mol. The molecule has 2 heterocycles. The quantitative estimate of drug-likeness (QED) is 0.0366. The minimum absolute atomic E-state index is 0.00667.